The van der Waals surface area contributed by atoms with Crippen LogP contribution in [0.4, 0.5) is 14.5 Å². The van der Waals surface area contributed by atoms with Crippen LogP contribution in [0.5, 0.6) is 17.2 Å². The van der Waals surface area contributed by atoms with Gasteiger partial charge in [-0.05, 0) is 30.7 Å². The van der Waals surface area contributed by atoms with E-state index in [2.05, 4.69) is 17.0 Å². The Morgan fingerprint density at radius 1 is 1.07 bits per heavy atom. The highest BCUT2D eigenvalue weighted by Crippen LogP contribution is 2.35. The number of carbonyl (C=O) groups is 2. The lowest BCUT2D eigenvalue weighted by Crippen LogP contribution is -2.16. The van der Waals surface area contributed by atoms with E-state index in [1.807, 2.05) is 0 Å². The summed E-state index contributed by atoms with van der Waals surface area (Å²) in [5.74, 6) is -1.18. The van der Waals surface area contributed by atoms with Crippen molar-refractivity contribution in [2.45, 2.75) is 26.4 Å². The fraction of sp³-hybridized carbons (Fsp3) is 0.333. The second kappa shape index (κ2) is 11.0. The van der Waals surface area contributed by atoms with Gasteiger partial charge in [0.25, 0.3) is 5.91 Å². The molecule has 0 atom stereocenters. The van der Waals surface area contributed by atoms with Crippen LogP contribution in [0.1, 0.15) is 40.5 Å². The Balaban J connectivity index is 2.28. The highest BCUT2D eigenvalue weighted by molar-refractivity contribution is 6.08. The maximum Gasteiger partial charge on any atom is 0.387 e. The van der Waals surface area contributed by atoms with Crippen molar-refractivity contribution in [1.29, 1.82) is 0 Å². The largest absolute Gasteiger partial charge is 0.494 e. The normalized spacial score (nSPS) is 10.5. The molecular formula is C21H23F2NO6. The van der Waals surface area contributed by atoms with Crippen LogP contribution in [-0.4, -0.2) is 39.3 Å². The van der Waals surface area contributed by atoms with Gasteiger partial charge in [0.15, 0.2) is 11.5 Å². The molecule has 0 saturated carbocycles. The molecule has 0 aliphatic heterocycles. The first-order valence-electron chi connectivity index (χ1n) is 9.19. The average Bonchev–Trinajstić information content (AvgIpc) is 2.73. The Hall–Kier alpha value is -3.36. The van der Waals surface area contributed by atoms with E-state index in [0.29, 0.717) is 12.4 Å². The molecule has 0 fully saturated rings. The number of ether oxygens (including phenoxy) is 4. The molecule has 1 amide bonds. The van der Waals surface area contributed by atoms with Crippen LogP contribution < -0.4 is 19.5 Å². The molecule has 2 rings (SSSR count). The predicted molar refractivity (Wildman–Crippen MR) is 106 cm³/mol. The summed E-state index contributed by atoms with van der Waals surface area (Å²) in [4.78, 5) is 24.7. The standard InChI is InChI=1S/C21H23F2NO6/c1-4-5-10-29-14-8-6-13(7-9-14)19(25)24-16-12-18(30-21(22)23)17(27-2)11-15(16)20(26)28-3/h6-9,11-12,21H,4-5,10H2,1-3H3,(H,24,25). The highest BCUT2D eigenvalue weighted by Gasteiger charge is 2.21. The Labute approximate surface area is 172 Å². The molecule has 1 N–H and O–H groups in total. The quantitative estimate of drug-likeness (QED) is 0.447. The highest BCUT2D eigenvalue weighted by atomic mass is 19.3. The van der Waals surface area contributed by atoms with Crippen LogP contribution in [0.3, 0.4) is 0 Å². The van der Waals surface area contributed by atoms with Crippen LogP contribution in [0.15, 0.2) is 36.4 Å². The van der Waals surface area contributed by atoms with E-state index in [4.69, 9.17) is 14.2 Å². The van der Waals surface area contributed by atoms with Crippen molar-refractivity contribution < 1.29 is 37.3 Å². The molecule has 0 aliphatic carbocycles. The Morgan fingerprint density at radius 3 is 2.33 bits per heavy atom. The van der Waals surface area contributed by atoms with Crippen molar-refractivity contribution in [3.8, 4) is 17.2 Å². The first-order valence-corrected chi connectivity index (χ1v) is 9.19. The monoisotopic (exact) mass is 423 g/mol. The minimum absolute atomic E-state index is 0.0634. The van der Waals surface area contributed by atoms with Gasteiger partial charge in [-0.2, -0.15) is 8.78 Å². The number of halogens is 2. The summed E-state index contributed by atoms with van der Waals surface area (Å²) in [7, 11) is 2.39. The van der Waals surface area contributed by atoms with Crippen LogP contribution in [-0.2, 0) is 4.74 Å². The van der Waals surface area contributed by atoms with Crippen molar-refractivity contribution in [2.24, 2.45) is 0 Å². The fourth-order valence-corrected chi connectivity index (χ4v) is 2.52. The molecule has 0 spiro atoms. The predicted octanol–water partition coefficient (Wildman–Crippen LogP) is 4.51. The lowest BCUT2D eigenvalue weighted by Gasteiger charge is -2.15. The molecule has 2 aromatic carbocycles. The molecular weight excluding hydrogens is 400 g/mol. The van der Waals surface area contributed by atoms with Gasteiger partial charge in [0.05, 0.1) is 32.1 Å². The zero-order chi connectivity index (χ0) is 22.1. The van der Waals surface area contributed by atoms with Gasteiger partial charge >= 0.3 is 12.6 Å². The fourth-order valence-electron chi connectivity index (χ4n) is 2.52. The number of rotatable bonds is 10. The van der Waals surface area contributed by atoms with Gasteiger partial charge in [-0.25, -0.2) is 4.79 Å². The van der Waals surface area contributed by atoms with Gasteiger partial charge < -0.3 is 24.3 Å². The number of alkyl halides is 2. The van der Waals surface area contributed by atoms with E-state index in [1.54, 1.807) is 24.3 Å². The van der Waals surface area contributed by atoms with Crippen molar-refractivity contribution in [3.05, 3.63) is 47.5 Å². The second-order valence-electron chi connectivity index (χ2n) is 6.10. The number of methoxy groups -OCH3 is 2. The van der Waals surface area contributed by atoms with E-state index in [-0.39, 0.29) is 28.3 Å². The van der Waals surface area contributed by atoms with Crippen molar-refractivity contribution in [3.63, 3.8) is 0 Å². The third-order valence-corrected chi connectivity index (χ3v) is 4.06. The molecule has 30 heavy (non-hydrogen) atoms. The van der Waals surface area contributed by atoms with Gasteiger partial charge in [-0.15, -0.1) is 0 Å². The van der Waals surface area contributed by atoms with Crippen molar-refractivity contribution in [2.75, 3.05) is 26.1 Å². The number of amides is 1. The van der Waals surface area contributed by atoms with E-state index in [1.165, 1.54) is 7.11 Å². The summed E-state index contributed by atoms with van der Waals surface area (Å²) >= 11 is 0. The Bertz CT molecular complexity index is 871. The third kappa shape index (κ3) is 6.07. The van der Waals surface area contributed by atoms with Gasteiger partial charge in [0, 0.05) is 17.7 Å². The second-order valence-corrected chi connectivity index (χ2v) is 6.10. The molecule has 0 bridgehead atoms. The molecule has 0 heterocycles. The summed E-state index contributed by atoms with van der Waals surface area (Å²) in [5, 5.41) is 2.52. The first-order chi connectivity index (χ1) is 14.4. The number of benzene rings is 2. The Kier molecular flexibility index (Phi) is 8.40. The molecule has 162 valence electrons. The minimum Gasteiger partial charge on any atom is -0.494 e. The summed E-state index contributed by atoms with van der Waals surface area (Å²) in [6.45, 7) is -0.494. The van der Waals surface area contributed by atoms with Crippen LogP contribution >= 0.6 is 0 Å². The molecule has 2 aromatic rings. The van der Waals surface area contributed by atoms with Crippen LogP contribution in [0.2, 0.25) is 0 Å². The molecule has 9 heteroatoms. The molecule has 0 radical (unpaired) electrons. The maximum absolute atomic E-state index is 12.7. The molecule has 0 aliphatic rings. The van der Waals surface area contributed by atoms with Gasteiger partial charge in [-0.1, -0.05) is 13.3 Å². The van der Waals surface area contributed by atoms with E-state index < -0.39 is 18.5 Å². The van der Waals surface area contributed by atoms with Crippen molar-refractivity contribution >= 4 is 17.6 Å². The summed E-state index contributed by atoms with van der Waals surface area (Å²) in [6.07, 6.45) is 1.92. The zero-order valence-electron chi connectivity index (χ0n) is 16.9. The summed E-state index contributed by atoms with van der Waals surface area (Å²) in [6, 6.07) is 8.63. The summed E-state index contributed by atoms with van der Waals surface area (Å²) < 4.78 is 45.1. The molecule has 0 saturated heterocycles. The van der Waals surface area contributed by atoms with E-state index in [0.717, 1.165) is 32.1 Å². The number of esters is 1. The van der Waals surface area contributed by atoms with Crippen molar-refractivity contribution in [1.82, 2.24) is 0 Å². The summed E-state index contributed by atoms with van der Waals surface area (Å²) in [5.41, 5.74) is 0.135. The lowest BCUT2D eigenvalue weighted by atomic mass is 10.1. The number of hydrogen-bond donors (Lipinski definition) is 1. The first kappa shape index (κ1) is 22.9. The number of unbranched alkanes of at least 4 members (excludes halogenated alkanes) is 1. The minimum atomic E-state index is -3.12. The van der Waals surface area contributed by atoms with Gasteiger partial charge in [-0.3, -0.25) is 4.79 Å². The van der Waals surface area contributed by atoms with E-state index >= 15 is 0 Å². The Morgan fingerprint density at radius 2 is 1.77 bits per heavy atom. The van der Waals surface area contributed by atoms with Crippen LogP contribution in [0, 0.1) is 0 Å². The number of carbonyl (C=O) groups excluding carboxylic acids is 2. The average molecular weight is 423 g/mol. The SMILES string of the molecule is CCCCOc1ccc(C(=O)Nc2cc(OC(F)F)c(OC)cc2C(=O)OC)cc1. The lowest BCUT2D eigenvalue weighted by molar-refractivity contribution is -0.0511. The number of hydrogen-bond acceptors (Lipinski definition) is 6. The maximum atomic E-state index is 12.7. The third-order valence-electron chi connectivity index (χ3n) is 4.06. The zero-order valence-corrected chi connectivity index (χ0v) is 16.9. The molecule has 0 unspecified atom stereocenters. The molecule has 0 aromatic heterocycles. The number of nitrogens with one attached hydrogen (secondary N) is 1. The van der Waals surface area contributed by atoms with Gasteiger partial charge in [0.1, 0.15) is 5.75 Å². The molecule has 7 nitrogen and oxygen atoms in total. The number of anilines is 1. The van der Waals surface area contributed by atoms with Crippen LogP contribution in [0.25, 0.3) is 0 Å². The van der Waals surface area contributed by atoms with E-state index in [9.17, 15) is 18.4 Å². The topological polar surface area (TPSA) is 83.1 Å². The smallest absolute Gasteiger partial charge is 0.387 e. The van der Waals surface area contributed by atoms with Gasteiger partial charge in [0.2, 0.25) is 0 Å².